The van der Waals surface area contributed by atoms with Crippen molar-refractivity contribution in [1.29, 1.82) is 0 Å². The van der Waals surface area contributed by atoms with Crippen molar-refractivity contribution in [2.75, 3.05) is 26.2 Å². The van der Waals surface area contributed by atoms with Crippen LogP contribution in [0.2, 0.25) is 0 Å². The summed E-state index contributed by atoms with van der Waals surface area (Å²) in [7, 11) is 0. The van der Waals surface area contributed by atoms with Crippen molar-refractivity contribution < 1.29 is 27.9 Å². The fourth-order valence-electron chi connectivity index (χ4n) is 2.01. The number of amides is 1. The third kappa shape index (κ3) is 5.46. The Bertz CT molecular complexity index is 326. The van der Waals surface area contributed by atoms with Crippen LogP contribution in [0, 0.1) is 5.92 Å². The first-order valence-electron chi connectivity index (χ1n) is 6.11. The van der Waals surface area contributed by atoms with Crippen LogP contribution in [-0.2, 0) is 9.59 Å². The predicted molar refractivity (Wildman–Crippen MR) is 60.5 cm³/mol. The van der Waals surface area contributed by atoms with Gasteiger partial charge in [0.15, 0.2) is 0 Å². The van der Waals surface area contributed by atoms with E-state index in [1.54, 1.807) is 5.32 Å². The molecule has 1 fully saturated rings. The molecule has 0 aromatic rings. The molecule has 0 bridgehead atoms. The number of aliphatic carboxylic acids is 1. The Labute approximate surface area is 108 Å². The number of rotatable bonds is 5. The molecule has 2 N–H and O–H groups in total. The third-order valence-electron chi connectivity index (χ3n) is 3.13. The molecule has 0 saturated carbocycles. The minimum absolute atomic E-state index is 0.0306. The van der Waals surface area contributed by atoms with Gasteiger partial charge in [-0.1, -0.05) is 0 Å². The molecule has 1 saturated heterocycles. The zero-order valence-electron chi connectivity index (χ0n) is 10.4. The van der Waals surface area contributed by atoms with E-state index in [0.717, 1.165) is 0 Å². The summed E-state index contributed by atoms with van der Waals surface area (Å²) in [5.41, 5.74) is 0. The molecular formula is C11H17F3N2O3. The number of piperidine rings is 1. The Morgan fingerprint density at radius 1 is 1.26 bits per heavy atom. The van der Waals surface area contributed by atoms with Crippen LogP contribution in [0.1, 0.15) is 19.3 Å². The first-order valence-corrected chi connectivity index (χ1v) is 6.11. The summed E-state index contributed by atoms with van der Waals surface area (Å²) in [5, 5.41) is 10.6. The van der Waals surface area contributed by atoms with E-state index in [2.05, 4.69) is 0 Å². The molecule has 0 aromatic carbocycles. The summed E-state index contributed by atoms with van der Waals surface area (Å²) in [4.78, 5) is 23.2. The van der Waals surface area contributed by atoms with E-state index < -0.39 is 18.1 Å². The molecule has 1 heterocycles. The molecule has 0 radical (unpaired) electrons. The highest BCUT2D eigenvalue weighted by Crippen LogP contribution is 2.17. The highest BCUT2D eigenvalue weighted by Gasteiger charge is 2.38. The Balaban J connectivity index is 2.12. The second-order valence-corrected chi connectivity index (χ2v) is 4.56. The van der Waals surface area contributed by atoms with Crippen molar-refractivity contribution >= 4 is 11.9 Å². The van der Waals surface area contributed by atoms with Gasteiger partial charge >= 0.3 is 18.1 Å². The van der Waals surface area contributed by atoms with E-state index in [1.165, 1.54) is 0 Å². The molecule has 5 nitrogen and oxygen atoms in total. The van der Waals surface area contributed by atoms with Crippen LogP contribution < -0.4 is 5.32 Å². The number of carboxylic acid groups (broad SMARTS) is 1. The van der Waals surface area contributed by atoms with Crippen LogP contribution >= 0.6 is 0 Å². The molecule has 1 amide bonds. The summed E-state index contributed by atoms with van der Waals surface area (Å²) in [6, 6.07) is 0. The minimum atomic E-state index is -4.83. The fourth-order valence-corrected chi connectivity index (χ4v) is 2.01. The molecule has 1 aliphatic heterocycles. The van der Waals surface area contributed by atoms with Gasteiger partial charge in [0.25, 0.3) is 0 Å². The predicted octanol–water partition coefficient (Wildman–Crippen LogP) is 0.852. The smallest absolute Gasteiger partial charge is 0.471 e. The second kappa shape index (κ2) is 6.74. The summed E-state index contributed by atoms with van der Waals surface area (Å²) in [6.45, 7) is 1.79. The summed E-state index contributed by atoms with van der Waals surface area (Å²) >= 11 is 0. The highest BCUT2D eigenvalue weighted by molar-refractivity contribution is 5.81. The number of hydrogen-bond acceptors (Lipinski definition) is 3. The number of likely N-dealkylation sites (tertiary alicyclic amines) is 1. The lowest BCUT2D eigenvalue weighted by Crippen LogP contribution is -2.40. The lowest BCUT2D eigenvalue weighted by Gasteiger charge is -2.29. The Morgan fingerprint density at radius 2 is 1.84 bits per heavy atom. The number of carbonyl (C=O) groups is 2. The van der Waals surface area contributed by atoms with Gasteiger partial charge in [-0.25, -0.2) is 0 Å². The van der Waals surface area contributed by atoms with Crippen LogP contribution in [0.5, 0.6) is 0 Å². The van der Waals surface area contributed by atoms with E-state index in [9.17, 15) is 22.8 Å². The van der Waals surface area contributed by atoms with Gasteiger partial charge in [-0.2, -0.15) is 13.2 Å². The molecule has 0 aliphatic carbocycles. The van der Waals surface area contributed by atoms with Crippen molar-refractivity contribution in [3.63, 3.8) is 0 Å². The van der Waals surface area contributed by atoms with Crippen LogP contribution in [0.4, 0.5) is 13.2 Å². The van der Waals surface area contributed by atoms with Crippen molar-refractivity contribution in [2.24, 2.45) is 5.92 Å². The summed E-state index contributed by atoms with van der Waals surface area (Å²) in [5.74, 6) is -3.03. The van der Waals surface area contributed by atoms with Crippen molar-refractivity contribution in [3.8, 4) is 0 Å². The molecule has 19 heavy (non-hydrogen) atoms. The van der Waals surface area contributed by atoms with Crippen molar-refractivity contribution in [3.05, 3.63) is 0 Å². The topological polar surface area (TPSA) is 69.6 Å². The molecule has 8 heteroatoms. The van der Waals surface area contributed by atoms with Gasteiger partial charge in [-0.3, -0.25) is 9.59 Å². The number of alkyl halides is 3. The van der Waals surface area contributed by atoms with Crippen LogP contribution in [-0.4, -0.2) is 54.2 Å². The molecule has 110 valence electrons. The first-order chi connectivity index (χ1) is 8.80. The van der Waals surface area contributed by atoms with Gasteiger partial charge in [0, 0.05) is 6.54 Å². The van der Waals surface area contributed by atoms with Gasteiger partial charge in [0.2, 0.25) is 0 Å². The maximum absolute atomic E-state index is 11.9. The average molecular weight is 282 g/mol. The molecular weight excluding hydrogens is 265 g/mol. The summed E-state index contributed by atoms with van der Waals surface area (Å²) < 4.78 is 35.6. The molecule has 1 rings (SSSR count). The van der Waals surface area contributed by atoms with Gasteiger partial charge in [0.1, 0.15) is 0 Å². The molecule has 0 atom stereocenters. The van der Waals surface area contributed by atoms with Gasteiger partial charge in [-0.05, 0) is 38.9 Å². The van der Waals surface area contributed by atoms with E-state index in [-0.39, 0.29) is 12.5 Å². The zero-order chi connectivity index (χ0) is 14.5. The number of nitrogens with one attached hydrogen (secondary N) is 1. The number of hydrogen-bond donors (Lipinski definition) is 2. The lowest BCUT2D eigenvalue weighted by atomic mass is 9.97. The average Bonchev–Trinajstić information content (AvgIpc) is 2.33. The van der Waals surface area contributed by atoms with E-state index in [0.29, 0.717) is 38.9 Å². The molecule has 0 aromatic heterocycles. The minimum Gasteiger partial charge on any atom is -0.481 e. The van der Waals surface area contributed by atoms with Gasteiger partial charge in [0.05, 0.1) is 5.92 Å². The zero-order valence-corrected chi connectivity index (χ0v) is 10.4. The molecule has 0 unspecified atom stereocenters. The Morgan fingerprint density at radius 3 is 2.32 bits per heavy atom. The van der Waals surface area contributed by atoms with E-state index >= 15 is 0 Å². The second-order valence-electron chi connectivity index (χ2n) is 4.56. The Hall–Kier alpha value is -1.31. The monoisotopic (exact) mass is 282 g/mol. The number of nitrogens with zero attached hydrogens (tertiary/aromatic N) is 1. The fraction of sp³-hybridized carbons (Fsp3) is 0.818. The number of carbonyl (C=O) groups excluding carboxylic acids is 1. The van der Waals surface area contributed by atoms with Crippen LogP contribution in [0.15, 0.2) is 0 Å². The highest BCUT2D eigenvalue weighted by atomic mass is 19.4. The normalized spacial score (nSPS) is 18.3. The quantitative estimate of drug-likeness (QED) is 0.734. The van der Waals surface area contributed by atoms with E-state index in [1.807, 2.05) is 4.90 Å². The van der Waals surface area contributed by atoms with Crippen LogP contribution in [0.3, 0.4) is 0 Å². The first kappa shape index (κ1) is 15.7. The lowest BCUT2D eigenvalue weighted by molar-refractivity contribution is -0.173. The largest absolute Gasteiger partial charge is 0.481 e. The van der Waals surface area contributed by atoms with Gasteiger partial charge in [-0.15, -0.1) is 0 Å². The number of carboxylic acids is 1. The standard InChI is InChI=1S/C11H17F3N2O3/c12-11(13,14)10(19)15-4-1-5-16-6-2-8(3-7-16)9(17)18/h8H,1-7H2,(H,15,19)(H,17,18). The van der Waals surface area contributed by atoms with Crippen LogP contribution in [0.25, 0.3) is 0 Å². The summed E-state index contributed by atoms with van der Waals surface area (Å²) in [6.07, 6.45) is -3.30. The third-order valence-corrected chi connectivity index (χ3v) is 3.13. The maximum Gasteiger partial charge on any atom is 0.471 e. The number of halogens is 3. The Kier molecular flexibility index (Phi) is 5.59. The van der Waals surface area contributed by atoms with Gasteiger partial charge < -0.3 is 15.3 Å². The maximum atomic E-state index is 11.9. The molecule has 0 spiro atoms. The van der Waals surface area contributed by atoms with Crippen molar-refractivity contribution in [2.45, 2.75) is 25.4 Å². The SMILES string of the molecule is O=C(O)C1CCN(CCCNC(=O)C(F)(F)F)CC1. The van der Waals surface area contributed by atoms with Crippen molar-refractivity contribution in [1.82, 2.24) is 10.2 Å². The van der Waals surface area contributed by atoms with E-state index in [4.69, 9.17) is 5.11 Å². The molecule has 1 aliphatic rings.